The van der Waals surface area contributed by atoms with Crippen LogP contribution in [0.3, 0.4) is 0 Å². The van der Waals surface area contributed by atoms with E-state index in [0.29, 0.717) is 12.6 Å². The molecule has 1 spiro atoms. The van der Waals surface area contributed by atoms with Gasteiger partial charge >= 0.3 is 6.09 Å². The van der Waals surface area contributed by atoms with Gasteiger partial charge in [-0.1, -0.05) is 51.0 Å². The van der Waals surface area contributed by atoms with Crippen molar-refractivity contribution in [2.45, 2.75) is 102 Å². The second kappa shape index (κ2) is 13.3. The predicted molar refractivity (Wildman–Crippen MR) is 208 cm³/mol. The molecule has 0 bridgehead atoms. The van der Waals surface area contributed by atoms with Crippen molar-refractivity contribution in [3.63, 3.8) is 0 Å². The van der Waals surface area contributed by atoms with Crippen molar-refractivity contribution >= 4 is 34.1 Å². The number of benzene rings is 3. The number of carbonyl (C=O) groups excluding carboxylic acids is 2. The van der Waals surface area contributed by atoms with E-state index < -0.39 is 12.1 Å². The number of methoxy groups -OCH3 is 1. The minimum absolute atomic E-state index is 0.0809. The first-order valence-corrected chi connectivity index (χ1v) is 19.7. The molecule has 5 aromatic rings. The standard InChI is InChI=1S/C43H51N7O3/c1-25(2)38(48-42(52)53-4)41(51)50-22-8-10-36(50)40-45-32-15-11-26(23-33(32)47-40)28-13-14-29(37-30(28)17-20-43(37)18-5-6-19-43)27-12-16-31-34(24-27)46-39(44-31)35-9-7-21-49(35)3/h11-16,23-25,35-36,38H,5-10,17-22H2,1-4H3,(H,44,46)(H,45,47)(H,48,52). The summed E-state index contributed by atoms with van der Waals surface area (Å²) in [7, 11) is 3.52. The predicted octanol–water partition coefficient (Wildman–Crippen LogP) is 8.34. The molecule has 2 amide bonds. The highest BCUT2D eigenvalue weighted by Gasteiger charge is 2.44. The highest BCUT2D eigenvalue weighted by Crippen LogP contribution is 2.55. The van der Waals surface area contributed by atoms with Gasteiger partial charge in [0.25, 0.3) is 0 Å². The maximum Gasteiger partial charge on any atom is 0.407 e. The normalized spacial score (nSPS) is 21.7. The van der Waals surface area contributed by atoms with Gasteiger partial charge in [-0.05, 0) is 134 Å². The molecule has 0 radical (unpaired) electrons. The van der Waals surface area contributed by atoms with Gasteiger partial charge in [-0.25, -0.2) is 14.8 Å². The number of hydrogen-bond donors (Lipinski definition) is 3. The fourth-order valence-electron chi connectivity index (χ4n) is 10.2. The molecule has 2 aliphatic heterocycles. The number of carbonyl (C=O) groups is 2. The number of imidazole rings is 2. The molecule has 2 saturated heterocycles. The molecule has 2 aliphatic carbocycles. The first-order chi connectivity index (χ1) is 25.7. The Labute approximate surface area is 311 Å². The van der Waals surface area contributed by atoms with E-state index in [2.05, 4.69) is 75.8 Å². The number of aromatic nitrogens is 4. The lowest BCUT2D eigenvalue weighted by molar-refractivity contribution is -0.135. The Balaban J connectivity index is 1.06. The van der Waals surface area contributed by atoms with Gasteiger partial charge in [-0.2, -0.15) is 0 Å². The average molecular weight is 714 g/mol. The van der Waals surface area contributed by atoms with Crippen molar-refractivity contribution in [2.75, 3.05) is 27.2 Å². The van der Waals surface area contributed by atoms with Crippen LogP contribution in [-0.4, -0.2) is 75.0 Å². The largest absolute Gasteiger partial charge is 0.453 e. The van der Waals surface area contributed by atoms with Gasteiger partial charge in [0.05, 0.1) is 41.3 Å². The summed E-state index contributed by atoms with van der Waals surface area (Å²) in [5.74, 6) is 1.71. The van der Waals surface area contributed by atoms with Gasteiger partial charge < -0.3 is 24.9 Å². The van der Waals surface area contributed by atoms with E-state index in [4.69, 9.17) is 14.7 Å². The summed E-state index contributed by atoms with van der Waals surface area (Å²) < 4.78 is 4.82. The number of ether oxygens (including phenoxy) is 1. The molecule has 3 fully saturated rings. The maximum absolute atomic E-state index is 13.8. The number of amides is 2. The third-order valence-corrected chi connectivity index (χ3v) is 13.0. The van der Waals surface area contributed by atoms with E-state index in [9.17, 15) is 9.59 Å². The highest BCUT2D eigenvalue weighted by atomic mass is 16.5. The van der Waals surface area contributed by atoms with Gasteiger partial charge in [0.15, 0.2) is 0 Å². The van der Waals surface area contributed by atoms with Crippen LogP contribution in [0.5, 0.6) is 0 Å². The maximum atomic E-state index is 13.8. The zero-order valence-electron chi connectivity index (χ0n) is 31.4. The van der Waals surface area contributed by atoms with Gasteiger partial charge in [0.1, 0.15) is 17.7 Å². The number of nitrogens with zero attached hydrogens (tertiary/aromatic N) is 4. The van der Waals surface area contributed by atoms with Crippen molar-refractivity contribution in [2.24, 2.45) is 5.92 Å². The average Bonchev–Trinajstić information content (AvgIpc) is 4.02. The lowest BCUT2D eigenvalue weighted by Gasteiger charge is -2.29. The number of H-pyrrole nitrogens is 2. The molecule has 4 heterocycles. The molecule has 10 heteroatoms. The number of fused-ring (bicyclic) bond motifs is 4. The Bertz CT molecular complexity index is 2210. The summed E-state index contributed by atoms with van der Waals surface area (Å²) in [6.07, 6.45) is 10.9. The van der Waals surface area contributed by atoms with Crippen LogP contribution in [-0.2, 0) is 21.4 Å². The molecule has 53 heavy (non-hydrogen) atoms. The second-order valence-corrected chi connectivity index (χ2v) is 16.4. The molecule has 3 N–H and O–H groups in total. The number of hydrogen-bond acceptors (Lipinski definition) is 6. The molecule has 3 aromatic carbocycles. The number of aromatic amines is 2. The van der Waals surface area contributed by atoms with Crippen molar-refractivity contribution in [3.05, 3.63) is 71.3 Å². The van der Waals surface area contributed by atoms with Gasteiger partial charge in [-0.15, -0.1) is 0 Å². The molecule has 3 atom stereocenters. The fourth-order valence-corrected chi connectivity index (χ4v) is 10.2. The van der Waals surface area contributed by atoms with E-state index in [1.807, 2.05) is 18.7 Å². The second-order valence-electron chi connectivity index (χ2n) is 16.4. The first kappa shape index (κ1) is 34.1. The molecule has 3 unspecified atom stereocenters. The Morgan fingerprint density at radius 3 is 2.09 bits per heavy atom. The quantitative estimate of drug-likeness (QED) is 0.156. The zero-order chi connectivity index (χ0) is 36.4. The van der Waals surface area contributed by atoms with E-state index >= 15 is 0 Å². The molecular formula is C43H51N7O3. The van der Waals surface area contributed by atoms with E-state index in [0.717, 1.165) is 65.9 Å². The van der Waals surface area contributed by atoms with Crippen molar-refractivity contribution in [3.8, 4) is 22.3 Å². The molecule has 1 saturated carbocycles. The number of rotatable bonds is 7. The van der Waals surface area contributed by atoms with Gasteiger partial charge in [-0.3, -0.25) is 9.69 Å². The van der Waals surface area contributed by atoms with Crippen LogP contribution in [0.15, 0.2) is 48.5 Å². The molecule has 2 aromatic heterocycles. The van der Waals surface area contributed by atoms with E-state index in [1.54, 1.807) is 5.56 Å². The van der Waals surface area contributed by atoms with Crippen LogP contribution in [0.25, 0.3) is 44.3 Å². The smallest absolute Gasteiger partial charge is 0.407 e. The van der Waals surface area contributed by atoms with E-state index in [-0.39, 0.29) is 23.3 Å². The summed E-state index contributed by atoms with van der Waals surface area (Å²) in [6.45, 7) is 5.63. The lowest BCUT2D eigenvalue weighted by atomic mass is 9.76. The molecule has 9 rings (SSSR count). The summed E-state index contributed by atoms with van der Waals surface area (Å²) >= 11 is 0. The van der Waals surface area contributed by atoms with Gasteiger partial charge in [0.2, 0.25) is 5.91 Å². The Morgan fingerprint density at radius 2 is 1.45 bits per heavy atom. The Morgan fingerprint density at radius 1 is 0.830 bits per heavy atom. The summed E-state index contributed by atoms with van der Waals surface area (Å²) in [5, 5.41) is 2.75. The number of likely N-dealkylation sites (tertiary alicyclic amines) is 2. The summed E-state index contributed by atoms with van der Waals surface area (Å²) in [6, 6.07) is 17.7. The van der Waals surface area contributed by atoms with Crippen LogP contribution >= 0.6 is 0 Å². The SMILES string of the molecule is COC(=O)NC(C(=O)N1CCCC1c1nc2ccc(-c3ccc(-c4ccc5nc(C6CCCN6C)[nH]c5c4)c4c3CCC43CCCC3)cc2[nH]1)C(C)C. The third kappa shape index (κ3) is 5.81. The first-order valence-electron chi connectivity index (χ1n) is 19.7. The van der Waals surface area contributed by atoms with Crippen LogP contribution in [0, 0.1) is 5.92 Å². The number of alkyl carbamates (subject to hydrolysis) is 1. The van der Waals surface area contributed by atoms with Crippen LogP contribution in [0.4, 0.5) is 4.79 Å². The van der Waals surface area contributed by atoms with Gasteiger partial charge in [0, 0.05) is 6.54 Å². The third-order valence-electron chi connectivity index (χ3n) is 13.0. The van der Waals surface area contributed by atoms with E-state index in [1.165, 1.54) is 73.5 Å². The van der Waals surface area contributed by atoms with Crippen LogP contribution in [0.1, 0.15) is 106 Å². The van der Waals surface area contributed by atoms with Crippen molar-refractivity contribution in [1.82, 2.24) is 35.1 Å². The molecule has 4 aliphatic rings. The molecule has 10 nitrogen and oxygen atoms in total. The number of nitrogens with one attached hydrogen (secondary N) is 3. The zero-order valence-corrected chi connectivity index (χ0v) is 31.4. The van der Waals surface area contributed by atoms with Crippen molar-refractivity contribution in [1.29, 1.82) is 0 Å². The van der Waals surface area contributed by atoms with Crippen molar-refractivity contribution < 1.29 is 14.3 Å². The molecule has 276 valence electrons. The fraction of sp³-hybridized carbons (Fsp3) is 0.488. The summed E-state index contributed by atoms with van der Waals surface area (Å²) in [5.41, 5.74) is 12.5. The molecular weight excluding hydrogens is 663 g/mol. The lowest BCUT2D eigenvalue weighted by Crippen LogP contribution is -2.51. The minimum Gasteiger partial charge on any atom is -0.453 e. The Kier molecular flexibility index (Phi) is 8.56. The van der Waals surface area contributed by atoms with Crippen LogP contribution < -0.4 is 5.32 Å². The van der Waals surface area contributed by atoms with Crippen LogP contribution in [0.2, 0.25) is 0 Å². The summed E-state index contributed by atoms with van der Waals surface area (Å²) in [4.78, 5) is 47.5. The minimum atomic E-state index is -0.662. The monoisotopic (exact) mass is 713 g/mol. The highest BCUT2D eigenvalue weighted by molar-refractivity contribution is 5.89. The topological polar surface area (TPSA) is 119 Å². The Hall–Kier alpha value is -4.70.